The maximum atomic E-state index is 13.1. The quantitative estimate of drug-likeness (QED) is 0.413. The highest BCUT2D eigenvalue weighted by molar-refractivity contribution is 6.08. The number of hydrogen-bond donors (Lipinski definition) is 1. The number of nitrogens with one attached hydrogen (secondary N) is 1. The average Bonchev–Trinajstić information content (AvgIpc) is 2.78. The topological polar surface area (TPSA) is 45.2 Å². The van der Waals surface area contributed by atoms with E-state index >= 15 is 0 Å². The molecule has 0 atom stereocenters. The molecule has 0 radical (unpaired) electrons. The SMILES string of the molecule is CN(C)c1cccc(C(=O)Nc2cccc3ccc(-c4cccc(C(F)(F)F)c4)nc23)c1. The monoisotopic (exact) mass is 435 g/mol. The molecule has 162 valence electrons. The van der Waals surface area contributed by atoms with Gasteiger partial charge in [-0.25, -0.2) is 4.98 Å². The van der Waals surface area contributed by atoms with E-state index in [2.05, 4.69) is 10.3 Å². The molecule has 0 saturated heterocycles. The van der Waals surface area contributed by atoms with Crippen molar-refractivity contribution in [3.05, 3.63) is 90.0 Å². The number of benzene rings is 3. The Hall–Kier alpha value is -3.87. The molecule has 0 aliphatic heterocycles. The minimum absolute atomic E-state index is 0.299. The zero-order valence-corrected chi connectivity index (χ0v) is 17.4. The molecule has 1 N–H and O–H groups in total. The number of carbonyl (C=O) groups excluding carboxylic acids is 1. The number of rotatable bonds is 4. The second-order valence-electron chi connectivity index (χ2n) is 7.55. The van der Waals surface area contributed by atoms with E-state index in [-0.39, 0.29) is 5.91 Å². The minimum Gasteiger partial charge on any atom is -0.378 e. The number of amides is 1. The van der Waals surface area contributed by atoms with E-state index in [1.54, 1.807) is 48.5 Å². The van der Waals surface area contributed by atoms with Crippen molar-refractivity contribution in [1.29, 1.82) is 0 Å². The van der Waals surface area contributed by atoms with Gasteiger partial charge in [0, 0.05) is 36.3 Å². The molecule has 0 aliphatic carbocycles. The number of hydrogen-bond acceptors (Lipinski definition) is 3. The molecule has 7 heteroatoms. The predicted molar refractivity (Wildman–Crippen MR) is 121 cm³/mol. The Morgan fingerprint density at radius 1 is 0.906 bits per heavy atom. The van der Waals surface area contributed by atoms with Gasteiger partial charge < -0.3 is 10.2 Å². The van der Waals surface area contributed by atoms with Gasteiger partial charge in [0.05, 0.1) is 22.5 Å². The van der Waals surface area contributed by atoms with Crippen LogP contribution in [0.2, 0.25) is 0 Å². The molecule has 0 bridgehead atoms. The van der Waals surface area contributed by atoms with Crippen molar-refractivity contribution in [3.63, 3.8) is 0 Å². The molecule has 0 fully saturated rings. The highest BCUT2D eigenvalue weighted by Gasteiger charge is 2.30. The molecule has 1 amide bonds. The first-order valence-corrected chi connectivity index (χ1v) is 9.88. The van der Waals surface area contributed by atoms with Crippen LogP contribution in [0.4, 0.5) is 24.5 Å². The molecule has 3 aromatic carbocycles. The van der Waals surface area contributed by atoms with Crippen LogP contribution >= 0.6 is 0 Å². The number of anilines is 2. The zero-order valence-electron chi connectivity index (χ0n) is 17.4. The summed E-state index contributed by atoms with van der Waals surface area (Å²) >= 11 is 0. The van der Waals surface area contributed by atoms with Crippen molar-refractivity contribution in [3.8, 4) is 11.3 Å². The number of fused-ring (bicyclic) bond motifs is 1. The van der Waals surface area contributed by atoms with Crippen molar-refractivity contribution in [1.82, 2.24) is 4.98 Å². The Morgan fingerprint density at radius 3 is 2.41 bits per heavy atom. The second kappa shape index (κ2) is 8.34. The third-order valence-corrected chi connectivity index (χ3v) is 5.08. The van der Waals surface area contributed by atoms with Gasteiger partial charge in [0.2, 0.25) is 0 Å². The molecule has 1 heterocycles. The minimum atomic E-state index is -4.44. The average molecular weight is 435 g/mol. The van der Waals surface area contributed by atoms with E-state index in [0.717, 1.165) is 23.2 Å². The molecule has 0 unspecified atom stereocenters. The largest absolute Gasteiger partial charge is 0.416 e. The molecular formula is C25H20F3N3O. The van der Waals surface area contributed by atoms with E-state index in [4.69, 9.17) is 0 Å². The van der Waals surface area contributed by atoms with E-state index in [1.165, 1.54) is 6.07 Å². The van der Waals surface area contributed by atoms with Crippen LogP contribution in [-0.4, -0.2) is 25.0 Å². The first kappa shape index (κ1) is 21.4. The summed E-state index contributed by atoms with van der Waals surface area (Å²) < 4.78 is 39.3. The van der Waals surface area contributed by atoms with Gasteiger partial charge in [0.1, 0.15) is 0 Å². The molecule has 4 nitrogen and oxygen atoms in total. The van der Waals surface area contributed by atoms with Crippen LogP contribution in [0.25, 0.3) is 22.2 Å². The molecular weight excluding hydrogens is 415 g/mol. The molecule has 4 aromatic rings. The first-order chi connectivity index (χ1) is 15.2. The predicted octanol–water partition coefficient (Wildman–Crippen LogP) is 6.24. The lowest BCUT2D eigenvalue weighted by Gasteiger charge is -2.14. The Bertz CT molecular complexity index is 1300. The molecule has 0 spiro atoms. The number of pyridine rings is 1. The smallest absolute Gasteiger partial charge is 0.378 e. The number of nitrogens with zero attached hydrogens (tertiary/aromatic N) is 2. The Morgan fingerprint density at radius 2 is 1.66 bits per heavy atom. The lowest BCUT2D eigenvalue weighted by molar-refractivity contribution is -0.137. The van der Waals surface area contributed by atoms with Crippen LogP contribution in [0.15, 0.2) is 78.9 Å². The highest BCUT2D eigenvalue weighted by Crippen LogP contribution is 2.33. The van der Waals surface area contributed by atoms with Gasteiger partial charge in [-0.15, -0.1) is 0 Å². The fourth-order valence-electron chi connectivity index (χ4n) is 3.38. The number of aromatic nitrogens is 1. The fourth-order valence-corrected chi connectivity index (χ4v) is 3.38. The van der Waals surface area contributed by atoms with Gasteiger partial charge in [-0.3, -0.25) is 4.79 Å². The molecule has 32 heavy (non-hydrogen) atoms. The van der Waals surface area contributed by atoms with Crippen LogP contribution < -0.4 is 10.2 Å². The molecule has 1 aromatic heterocycles. The van der Waals surface area contributed by atoms with Gasteiger partial charge in [-0.2, -0.15) is 13.2 Å². The number of para-hydroxylation sites is 1. The summed E-state index contributed by atoms with van der Waals surface area (Å²) in [5.74, 6) is -0.299. The summed E-state index contributed by atoms with van der Waals surface area (Å²) in [5.41, 5.74) is 2.36. The van der Waals surface area contributed by atoms with E-state index < -0.39 is 11.7 Å². The van der Waals surface area contributed by atoms with Gasteiger partial charge in [-0.1, -0.05) is 36.4 Å². The summed E-state index contributed by atoms with van der Waals surface area (Å²) in [7, 11) is 3.78. The fraction of sp³-hybridized carbons (Fsp3) is 0.120. The maximum Gasteiger partial charge on any atom is 0.416 e. The van der Waals surface area contributed by atoms with Crippen LogP contribution in [0.3, 0.4) is 0 Å². The first-order valence-electron chi connectivity index (χ1n) is 9.88. The van der Waals surface area contributed by atoms with Crippen LogP contribution in [0.1, 0.15) is 15.9 Å². The lowest BCUT2D eigenvalue weighted by atomic mass is 10.1. The van der Waals surface area contributed by atoms with Gasteiger partial charge >= 0.3 is 6.18 Å². The number of halogens is 3. The van der Waals surface area contributed by atoms with E-state index in [0.29, 0.717) is 28.0 Å². The van der Waals surface area contributed by atoms with Crippen molar-refractivity contribution < 1.29 is 18.0 Å². The lowest BCUT2D eigenvalue weighted by Crippen LogP contribution is -2.14. The Labute approximate surface area is 183 Å². The number of alkyl halides is 3. The second-order valence-corrected chi connectivity index (χ2v) is 7.55. The highest BCUT2D eigenvalue weighted by atomic mass is 19.4. The van der Waals surface area contributed by atoms with Crippen molar-refractivity contribution in [2.45, 2.75) is 6.18 Å². The third-order valence-electron chi connectivity index (χ3n) is 5.08. The Kier molecular flexibility index (Phi) is 5.57. The summed E-state index contributed by atoms with van der Waals surface area (Å²) in [6.07, 6.45) is -4.44. The van der Waals surface area contributed by atoms with Crippen molar-refractivity contribution in [2.75, 3.05) is 24.3 Å². The molecule has 0 saturated carbocycles. The van der Waals surface area contributed by atoms with Crippen molar-refractivity contribution >= 4 is 28.2 Å². The maximum absolute atomic E-state index is 13.1. The van der Waals surface area contributed by atoms with E-state index in [1.807, 2.05) is 31.1 Å². The Balaban J connectivity index is 1.71. The molecule has 4 rings (SSSR count). The summed E-state index contributed by atoms with van der Waals surface area (Å²) in [6, 6.07) is 21.0. The summed E-state index contributed by atoms with van der Waals surface area (Å²) in [4.78, 5) is 19.3. The van der Waals surface area contributed by atoms with Gasteiger partial charge in [0.15, 0.2) is 0 Å². The third kappa shape index (κ3) is 4.42. The summed E-state index contributed by atoms with van der Waals surface area (Å²) in [6.45, 7) is 0. The van der Waals surface area contributed by atoms with Crippen LogP contribution in [0.5, 0.6) is 0 Å². The summed E-state index contributed by atoms with van der Waals surface area (Å²) in [5, 5.41) is 3.65. The molecule has 0 aliphatic rings. The zero-order chi connectivity index (χ0) is 22.9. The van der Waals surface area contributed by atoms with Gasteiger partial charge in [0.25, 0.3) is 5.91 Å². The van der Waals surface area contributed by atoms with Crippen molar-refractivity contribution in [2.24, 2.45) is 0 Å². The normalized spacial score (nSPS) is 11.4. The number of carbonyl (C=O) groups is 1. The van der Waals surface area contributed by atoms with Crippen LogP contribution in [0, 0.1) is 0 Å². The van der Waals surface area contributed by atoms with E-state index in [9.17, 15) is 18.0 Å². The van der Waals surface area contributed by atoms with Gasteiger partial charge in [-0.05, 0) is 42.5 Å². The standard InChI is InChI=1S/C25H20F3N3O/c1-31(2)20-10-4-8-18(15-20)24(32)30-22-11-5-6-16-12-13-21(29-23(16)22)17-7-3-9-19(14-17)25(26,27)28/h3-15H,1-2H3,(H,30,32). The van der Waals surface area contributed by atoms with Crippen LogP contribution in [-0.2, 0) is 6.18 Å².